The highest BCUT2D eigenvalue weighted by Gasteiger charge is 2.28. The third-order valence-electron chi connectivity index (χ3n) is 2.89. The second-order valence-corrected chi connectivity index (χ2v) is 4.46. The molecular formula is C9H20NO+. The van der Waals surface area contributed by atoms with Gasteiger partial charge in [0.15, 0.2) is 0 Å². The van der Waals surface area contributed by atoms with Gasteiger partial charge in [-0.05, 0) is 12.8 Å². The van der Waals surface area contributed by atoms with Crippen LogP contribution in [0.1, 0.15) is 19.8 Å². The second kappa shape index (κ2) is 3.11. The number of rotatable bonds is 1. The SMILES string of the molecule is CC(O)C1CC[N+](C)(C)CC1. The Hall–Kier alpha value is -0.0800. The van der Waals surface area contributed by atoms with Crippen molar-refractivity contribution in [2.75, 3.05) is 27.2 Å². The van der Waals surface area contributed by atoms with Crippen LogP contribution in [-0.4, -0.2) is 42.9 Å². The molecule has 1 saturated heterocycles. The van der Waals surface area contributed by atoms with E-state index in [1.165, 1.54) is 25.9 Å². The number of nitrogens with zero attached hydrogens (tertiary/aromatic N) is 1. The Bertz CT molecular complexity index is 122. The molecule has 0 aromatic rings. The van der Waals surface area contributed by atoms with Crippen molar-refractivity contribution in [3.63, 3.8) is 0 Å². The average molecular weight is 158 g/mol. The van der Waals surface area contributed by atoms with E-state index in [9.17, 15) is 5.11 Å². The van der Waals surface area contributed by atoms with Crippen LogP contribution in [-0.2, 0) is 0 Å². The fraction of sp³-hybridized carbons (Fsp3) is 1.00. The number of likely N-dealkylation sites (tertiary alicyclic amines) is 1. The van der Waals surface area contributed by atoms with Gasteiger partial charge in [0, 0.05) is 12.8 Å². The number of aliphatic hydroxyl groups is 1. The smallest absolute Gasteiger partial charge is 0.0786 e. The Morgan fingerprint density at radius 1 is 1.27 bits per heavy atom. The third-order valence-corrected chi connectivity index (χ3v) is 2.89. The largest absolute Gasteiger partial charge is 0.393 e. The van der Waals surface area contributed by atoms with Crippen molar-refractivity contribution in [3.05, 3.63) is 0 Å². The summed E-state index contributed by atoms with van der Waals surface area (Å²) in [6.45, 7) is 4.35. The van der Waals surface area contributed by atoms with Gasteiger partial charge < -0.3 is 9.59 Å². The lowest BCUT2D eigenvalue weighted by Gasteiger charge is -2.38. The van der Waals surface area contributed by atoms with Crippen molar-refractivity contribution in [2.24, 2.45) is 5.92 Å². The summed E-state index contributed by atoms with van der Waals surface area (Å²) in [4.78, 5) is 0. The zero-order valence-corrected chi connectivity index (χ0v) is 7.88. The summed E-state index contributed by atoms with van der Waals surface area (Å²) < 4.78 is 1.13. The molecule has 0 aromatic heterocycles. The zero-order chi connectivity index (χ0) is 8.48. The summed E-state index contributed by atoms with van der Waals surface area (Å²) in [6.07, 6.45) is 2.27. The normalized spacial score (nSPS) is 28.4. The molecule has 1 aliphatic heterocycles. The van der Waals surface area contributed by atoms with E-state index in [2.05, 4.69) is 14.1 Å². The van der Waals surface area contributed by atoms with Crippen LogP contribution in [0.15, 0.2) is 0 Å². The molecule has 0 radical (unpaired) electrons. The number of hydrogen-bond donors (Lipinski definition) is 1. The lowest BCUT2D eigenvalue weighted by atomic mass is 9.91. The third kappa shape index (κ3) is 2.46. The van der Waals surface area contributed by atoms with Gasteiger partial charge in [-0.2, -0.15) is 0 Å². The van der Waals surface area contributed by atoms with Crippen LogP contribution in [0.2, 0.25) is 0 Å². The van der Waals surface area contributed by atoms with Gasteiger partial charge in [-0.25, -0.2) is 0 Å². The molecule has 0 saturated carbocycles. The van der Waals surface area contributed by atoms with Crippen LogP contribution >= 0.6 is 0 Å². The monoisotopic (exact) mass is 158 g/mol. The van der Waals surface area contributed by atoms with E-state index in [-0.39, 0.29) is 6.10 Å². The van der Waals surface area contributed by atoms with Crippen LogP contribution in [0.3, 0.4) is 0 Å². The average Bonchev–Trinajstić information content (AvgIpc) is 1.86. The molecule has 66 valence electrons. The van der Waals surface area contributed by atoms with E-state index < -0.39 is 0 Å². The molecule has 2 heteroatoms. The predicted octanol–water partition coefficient (Wildman–Crippen LogP) is 0.854. The highest BCUT2D eigenvalue weighted by molar-refractivity contribution is 4.68. The minimum absolute atomic E-state index is 0.102. The molecule has 0 spiro atoms. The Labute approximate surface area is 69.4 Å². The van der Waals surface area contributed by atoms with Crippen LogP contribution in [0.4, 0.5) is 0 Å². The summed E-state index contributed by atoms with van der Waals surface area (Å²) in [5.74, 6) is 0.557. The molecule has 1 heterocycles. The van der Waals surface area contributed by atoms with Gasteiger partial charge in [0.1, 0.15) is 0 Å². The number of hydrogen-bond acceptors (Lipinski definition) is 1. The Balaban J connectivity index is 2.36. The predicted molar refractivity (Wildman–Crippen MR) is 46.2 cm³/mol. The molecule has 1 aliphatic rings. The molecule has 1 atom stereocenters. The van der Waals surface area contributed by atoms with Gasteiger partial charge in [-0.15, -0.1) is 0 Å². The van der Waals surface area contributed by atoms with Crippen molar-refractivity contribution in [3.8, 4) is 0 Å². The molecule has 1 fully saturated rings. The van der Waals surface area contributed by atoms with E-state index in [0.29, 0.717) is 5.92 Å². The van der Waals surface area contributed by atoms with E-state index in [4.69, 9.17) is 0 Å². The summed E-state index contributed by atoms with van der Waals surface area (Å²) >= 11 is 0. The van der Waals surface area contributed by atoms with E-state index in [1.54, 1.807) is 0 Å². The summed E-state index contributed by atoms with van der Waals surface area (Å²) in [5.41, 5.74) is 0. The molecule has 1 rings (SSSR count). The molecule has 1 unspecified atom stereocenters. The summed E-state index contributed by atoms with van der Waals surface area (Å²) in [6, 6.07) is 0. The zero-order valence-electron chi connectivity index (χ0n) is 7.88. The van der Waals surface area contributed by atoms with Gasteiger partial charge >= 0.3 is 0 Å². The lowest BCUT2D eigenvalue weighted by Crippen LogP contribution is -2.47. The first-order valence-electron chi connectivity index (χ1n) is 4.51. The van der Waals surface area contributed by atoms with Crippen molar-refractivity contribution in [2.45, 2.75) is 25.9 Å². The maximum absolute atomic E-state index is 9.34. The molecule has 0 amide bonds. The van der Waals surface area contributed by atoms with E-state index >= 15 is 0 Å². The van der Waals surface area contributed by atoms with Crippen LogP contribution in [0, 0.1) is 5.92 Å². The lowest BCUT2D eigenvalue weighted by molar-refractivity contribution is -0.896. The van der Waals surface area contributed by atoms with Gasteiger partial charge in [-0.3, -0.25) is 0 Å². The second-order valence-electron chi connectivity index (χ2n) is 4.46. The van der Waals surface area contributed by atoms with Gasteiger partial charge in [0.05, 0.1) is 33.3 Å². The molecule has 0 bridgehead atoms. The molecule has 0 aromatic carbocycles. The fourth-order valence-corrected chi connectivity index (χ4v) is 1.77. The first kappa shape index (κ1) is 9.01. The minimum atomic E-state index is -0.102. The molecule has 2 nitrogen and oxygen atoms in total. The standard InChI is InChI=1S/C9H20NO/c1-8(11)9-4-6-10(2,3)7-5-9/h8-9,11H,4-7H2,1-3H3/q+1. The van der Waals surface area contributed by atoms with Crippen LogP contribution in [0.25, 0.3) is 0 Å². The molecule has 0 aliphatic carbocycles. The van der Waals surface area contributed by atoms with Crippen molar-refractivity contribution in [1.82, 2.24) is 0 Å². The molecule has 11 heavy (non-hydrogen) atoms. The highest BCUT2D eigenvalue weighted by atomic mass is 16.3. The van der Waals surface area contributed by atoms with Gasteiger partial charge in [0.2, 0.25) is 0 Å². The number of aliphatic hydroxyl groups excluding tert-OH is 1. The van der Waals surface area contributed by atoms with E-state index in [1.807, 2.05) is 6.92 Å². The minimum Gasteiger partial charge on any atom is -0.393 e. The molecular weight excluding hydrogens is 138 g/mol. The fourth-order valence-electron chi connectivity index (χ4n) is 1.77. The summed E-state index contributed by atoms with van der Waals surface area (Å²) in [7, 11) is 4.52. The number of quaternary nitrogens is 1. The highest BCUT2D eigenvalue weighted by Crippen LogP contribution is 2.22. The maximum Gasteiger partial charge on any atom is 0.0786 e. The van der Waals surface area contributed by atoms with Crippen molar-refractivity contribution >= 4 is 0 Å². The van der Waals surface area contributed by atoms with Crippen molar-refractivity contribution < 1.29 is 9.59 Å². The first-order chi connectivity index (χ1) is 5.01. The van der Waals surface area contributed by atoms with E-state index in [0.717, 1.165) is 4.48 Å². The number of piperidine rings is 1. The Morgan fingerprint density at radius 3 is 2.09 bits per heavy atom. The quantitative estimate of drug-likeness (QED) is 0.561. The maximum atomic E-state index is 9.34. The van der Waals surface area contributed by atoms with Gasteiger partial charge in [-0.1, -0.05) is 0 Å². The van der Waals surface area contributed by atoms with Crippen LogP contribution < -0.4 is 0 Å². The Kier molecular flexibility index (Phi) is 2.55. The van der Waals surface area contributed by atoms with Crippen LogP contribution in [0.5, 0.6) is 0 Å². The molecule has 1 N–H and O–H groups in total. The Morgan fingerprint density at radius 2 is 1.73 bits per heavy atom. The topological polar surface area (TPSA) is 20.2 Å². The summed E-state index contributed by atoms with van der Waals surface area (Å²) in [5, 5.41) is 9.34. The van der Waals surface area contributed by atoms with Gasteiger partial charge in [0.25, 0.3) is 0 Å². The van der Waals surface area contributed by atoms with Crippen molar-refractivity contribution in [1.29, 1.82) is 0 Å². The first-order valence-corrected chi connectivity index (χ1v) is 4.51.